The molecule has 6 nitrogen and oxygen atoms in total. The second-order valence-corrected chi connectivity index (χ2v) is 4.64. The van der Waals surface area contributed by atoms with Crippen molar-refractivity contribution in [3.05, 3.63) is 58.9 Å². The Morgan fingerprint density at radius 2 is 2.10 bits per heavy atom. The minimum Gasteiger partial charge on any atom is -0.478 e. The van der Waals surface area contributed by atoms with Gasteiger partial charge in [-0.15, -0.1) is 0 Å². The van der Waals surface area contributed by atoms with Crippen molar-refractivity contribution in [1.29, 1.82) is 0 Å². The van der Waals surface area contributed by atoms with Crippen molar-refractivity contribution in [3.63, 3.8) is 0 Å². The van der Waals surface area contributed by atoms with Gasteiger partial charge in [-0.05, 0) is 29.8 Å². The molecule has 0 aliphatic carbocycles. The summed E-state index contributed by atoms with van der Waals surface area (Å²) >= 11 is 5.81. The van der Waals surface area contributed by atoms with Crippen molar-refractivity contribution in [3.8, 4) is 0 Å². The topological polar surface area (TPSA) is 91.3 Å². The lowest BCUT2D eigenvalue weighted by molar-refractivity contribution is 0.0697. The van der Waals surface area contributed by atoms with Crippen molar-refractivity contribution in [2.75, 3.05) is 5.32 Å². The molecule has 2 amide bonds. The largest absolute Gasteiger partial charge is 0.478 e. The third-order valence-electron chi connectivity index (χ3n) is 2.58. The van der Waals surface area contributed by atoms with E-state index in [0.29, 0.717) is 12.2 Å². The molecular weight excluding hydrogens is 294 g/mol. The first-order valence-corrected chi connectivity index (χ1v) is 6.40. The highest BCUT2D eigenvalue weighted by atomic mass is 35.5. The summed E-state index contributed by atoms with van der Waals surface area (Å²) in [4.78, 5) is 26.6. The SMILES string of the molecule is O=C(NCc1cccnc1)Nc1cc(Cl)cc(C(=O)O)c1. The minimum atomic E-state index is -1.11. The number of carboxylic acids is 1. The minimum absolute atomic E-state index is 0.00468. The Bertz CT molecular complexity index is 662. The highest BCUT2D eigenvalue weighted by molar-refractivity contribution is 6.31. The van der Waals surface area contributed by atoms with Crippen molar-refractivity contribution < 1.29 is 14.7 Å². The van der Waals surface area contributed by atoms with Gasteiger partial charge in [0.15, 0.2) is 0 Å². The second-order valence-electron chi connectivity index (χ2n) is 4.20. The maximum absolute atomic E-state index is 11.7. The van der Waals surface area contributed by atoms with E-state index < -0.39 is 12.0 Å². The number of amides is 2. The zero-order valence-electron chi connectivity index (χ0n) is 10.8. The van der Waals surface area contributed by atoms with Gasteiger partial charge in [-0.3, -0.25) is 4.98 Å². The van der Waals surface area contributed by atoms with Crippen LogP contribution >= 0.6 is 11.6 Å². The fraction of sp³-hybridized carbons (Fsp3) is 0.0714. The van der Waals surface area contributed by atoms with Crippen LogP contribution in [0.4, 0.5) is 10.5 Å². The number of nitrogens with one attached hydrogen (secondary N) is 2. The van der Waals surface area contributed by atoms with E-state index in [1.807, 2.05) is 6.07 Å². The number of pyridine rings is 1. The number of aromatic carboxylic acids is 1. The van der Waals surface area contributed by atoms with Crippen LogP contribution in [0.3, 0.4) is 0 Å². The second kappa shape index (κ2) is 6.71. The number of carboxylic acid groups (broad SMARTS) is 1. The summed E-state index contributed by atoms with van der Waals surface area (Å²) in [6.07, 6.45) is 3.28. The Morgan fingerprint density at radius 3 is 2.76 bits per heavy atom. The van der Waals surface area contributed by atoms with E-state index >= 15 is 0 Å². The summed E-state index contributed by atoms with van der Waals surface area (Å²) in [5.41, 5.74) is 1.17. The van der Waals surface area contributed by atoms with Crippen molar-refractivity contribution in [1.82, 2.24) is 10.3 Å². The van der Waals surface area contributed by atoms with Gasteiger partial charge in [0.2, 0.25) is 0 Å². The van der Waals surface area contributed by atoms with Crippen LogP contribution in [0.25, 0.3) is 0 Å². The van der Waals surface area contributed by atoms with Gasteiger partial charge in [0.05, 0.1) is 5.56 Å². The van der Waals surface area contributed by atoms with Crippen LogP contribution in [-0.4, -0.2) is 22.1 Å². The summed E-state index contributed by atoms with van der Waals surface area (Å²) in [5, 5.41) is 14.3. The zero-order chi connectivity index (χ0) is 15.2. The van der Waals surface area contributed by atoms with Gasteiger partial charge >= 0.3 is 12.0 Å². The first kappa shape index (κ1) is 14.8. The number of rotatable bonds is 4. The highest BCUT2D eigenvalue weighted by Crippen LogP contribution is 2.19. The van der Waals surface area contributed by atoms with Crippen LogP contribution in [0.1, 0.15) is 15.9 Å². The van der Waals surface area contributed by atoms with Gasteiger partial charge in [-0.25, -0.2) is 9.59 Å². The quantitative estimate of drug-likeness (QED) is 0.810. The Balaban J connectivity index is 1.98. The number of hydrogen-bond acceptors (Lipinski definition) is 3. The number of urea groups is 1. The Labute approximate surface area is 125 Å². The molecule has 0 aliphatic rings. The van der Waals surface area contributed by atoms with Crippen LogP contribution < -0.4 is 10.6 Å². The molecule has 0 radical (unpaired) electrons. The number of carbonyl (C=O) groups is 2. The van der Waals surface area contributed by atoms with Gasteiger partial charge in [0.25, 0.3) is 0 Å². The fourth-order valence-electron chi connectivity index (χ4n) is 1.65. The molecule has 2 aromatic rings. The molecule has 0 unspecified atom stereocenters. The molecule has 21 heavy (non-hydrogen) atoms. The summed E-state index contributed by atoms with van der Waals surface area (Å²) < 4.78 is 0. The average molecular weight is 306 g/mol. The number of anilines is 1. The molecule has 0 bridgehead atoms. The standard InChI is InChI=1S/C14H12ClN3O3/c15-11-4-10(13(19)20)5-12(6-11)18-14(21)17-8-9-2-1-3-16-7-9/h1-7H,8H2,(H,19,20)(H2,17,18,21). The highest BCUT2D eigenvalue weighted by Gasteiger charge is 2.08. The molecule has 108 valence electrons. The molecule has 0 atom stereocenters. The molecule has 3 N–H and O–H groups in total. The van der Waals surface area contributed by atoms with E-state index in [9.17, 15) is 9.59 Å². The number of halogens is 1. The van der Waals surface area contributed by atoms with E-state index in [0.717, 1.165) is 5.56 Å². The lowest BCUT2D eigenvalue weighted by Crippen LogP contribution is -2.28. The number of aromatic nitrogens is 1. The smallest absolute Gasteiger partial charge is 0.335 e. The Morgan fingerprint density at radius 1 is 1.29 bits per heavy atom. The maximum atomic E-state index is 11.7. The third kappa shape index (κ3) is 4.47. The fourth-order valence-corrected chi connectivity index (χ4v) is 1.88. The van der Waals surface area contributed by atoms with Crippen LogP contribution in [-0.2, 0) is 6.54 Å². The molecule has 1 aromatic heterocycles. The lowest BCUT2D eigenvalue weighted by atomic mass is 10.2. The molecule has 1 aromatic carbocycles. The van der Waals surface area contributed by atoms with Crippen LogP contribution in [0.2, 0.25) is 5.02 Å². The molecule has 0 aliphatic heterocycles. The van der Waals surface area contributed by atoms with Gasteiger partial charge in [0.1, 0.15) is 0 Å². The van der Waals surface area contributed by atoms with Crippen LogP contribution in [0, 0.1) is 0 Å². The zero-order valence-corrected chi connectivity index (χ0v) is 11.6. The first-order valence-electron chi connectivity index (χ1n) is 6.02. The summed E-state index contributed by atoms with van der Waals surface area (Å²) in [5.74, 6) is -1.11. The van der Waals surface area contributed by atoms with Crippen LogP contribution in [0.15, 0.2) is 42.7 Å². The Hall–Kier alpha value is -2.60. The number of benzene rings is 1. The number of carbonyl (C=O) groups excluding carboxylic acids is 1. The number of nitrogens with zero attached hydrogens (tertiary/aromatic N) is 1. The molecule has 1 heterocycles. The van der Waals surface area contributed by atoms with E-state index in [2.05, 4.69) is 15.6 Å². The van der Waals surface area contributed by atoms with Crippen molar-refractivity contribution in [2.24, 2.45) is 0 Å². The molecule has 0 saturated heterocycles. The van der Waals surface area contributed by atoms with E-state index in [1.54, 1.807) is 18.5 Å². The molecule has 0 saturated carbocycles. The van der Waals surface area contributed by atoms with Gasteiger partial charge in [0, 0.05) is 29.6 Å². The van der Waals surface area contributed by atoms with E-state index in [-0.39, 0.29) is 10.6 Å². The predicted molar refractivity (Wildman–Crippen MR) is 78.5 cm³/mol. The molecule has 0 fully saturated rings. The summed E-state index contributed by atoms with van der Waals surface area (Å²) in [6.45, 7) is 0.312. The molecule has 7 heteroatoms. The average Bonchev–Trinajstić information content (AvgIpc) is 2.45. The molecule has 0 spiro atoms. The van der Waals surface area contributed by atoms with Gasteiger partial charge < -0.3 is 15.7 Å². The number of hydrogen-bond donors (Lipinski definition) is 3. The lowest BCUT2D eigenvalue weighted by Gasteiger charge is -2.08. The summed E-state index contributed by atoms with van der Waals surface area (Å²) in [7, 11) is 0. The normalized spacial score (nSPS) is 9.95. The van der Waals surface area contributed by atoms with Crippen LogP contribution in [0.5, 0.6) is 0 Å². The monoisotopic (exact) mass is 305 g/mol. The maximum Gasteiger partial charge on any atom is 0.335 e. The van der Waals surface area contributed by atoms with E-state index in [1.165, 1.54) is 18.2 Å². The van der Waals surface area contributed by atoms with E-state index in [4.69, 9.17) is 16.7 Å². The van der Waals surface area contributed by atoms with Gasteiger partial charge in [-0.1, -0.05) is 17.7 Å². The van der Waals surface area contributed by atoms with Gasteiger partial charge in [-0.2, -0.15) is 0 Å². The van der Waals surface area contributed by atoms with Crippen molar-refractivity contribution in [2.45, 2.75) is 6.54 Å². The third-order valence-corrected chi connectivity index (χ3v) is 2.80. The molecular formula is C14H12ClN3O3. The molecule has 2 rings (SSSR count). The first-order chi connectivity index (χ1) is 10.0. The predicted octanol–water partition coefficient (Wildman–Crippen LogP) is 2.75. The Kier molecular flexibility index (Phi) is 4.73. The van der Waals surface area contributed by atoms with Crippen molar-refractivity contribution >= 4 is 29.3 Å². The summed E-state index contributed by atoms with van der Waals surface area (Å²) in [6, 6.07) is 7.25.